The number of alkyl carbamates (subject to hydrolysis) is 1. The summed E-state index contributed by atoms with van der Waals surface area (Å²) in [6.07, 6.45) is -0.783. The SMILES string of the molecule is C=C(C)C(=O)OCCOC(=O)NCC(=O)OCC. The Bertz CT molecular complexity index is 325. The Morgan fingerprint density at radius 2 is 1.72 bits per heavy atom. The van der Waals surface area contributed by atoms with Gasteiger partial charge in [-0.1, -0.05) is 6.58 Å². The maximum atomic E-state index is 11.0. The van der Waals surface area contributed by atoms with E-state index in [1.807, 2.05) is 0 Å². The highest BCUT2D eigenvalue weighted by atomic mass is 16.6. The first kappa shape index (κ1) is 16.0. The minimum absolute atomic E-state index is 0.0709. The van der Waals surface area contributed by atoms with E-state index < -0.39 is 18.0 Å². The molecule has 0 aromatic rings. The van der Waals surface area contributed by atoms with Crippen molar-refractivity contribution in [3.05, 3.63) is 12.2 Å². The van der Waals surface area contributed by atoms with Crippen molar-refractivity contribution in [2.45, 2.75) is 13.8 Å². The minimum atomic E-state index is -0.783. The van der Waals surface area contributed by atoms with Crippen LogP contribution in [-0.2, 0) is 23.8 Å². The van der Waals surface area contributed by atoms with Crippen LogP contribution < -0.4 is 5.32 Å². The standard InChI is InChI=1S/C11H17NO6/c1-4-16-9(13)7-12-11(15)18-6-5-17-10(14)8(2)3/h2,4-7H2,1,3H3,(H,12,15). The van der Waals surface area contributed by atoms with E-state index in [1.54, 1.807) is 6.92 Å². The van der Waals surface area contributed by atoms with Gasteiger partial charge in [-0.3, -0.25) is 4.79 Å². The third-order valence-corrected chi connectivity index (χ3v) is 1.58. The fourth-order valence-electron chi connectivity index (χ4n) is 0.799. The van der Waals surface area contributed by atoms with Crippen LogP contribution in [0.5, 0.6) is 0 Å². The molecule has 0 aromatic heterocycles. The molecule has 0 heterocycles. The molecule has 0 aliphatic rings. The molecule has 0 saturated heterocycles. The van der Waals surface area contributed by atoms with E-state index in [1.165, 1.54) is 6.92 Å². The summed E-state index contributed by atoms with van der Waals surface area (Å²) in [5.41, 5.74) is 0.266. The molecule has 0 fully saturated rings. The molecule has 0 bridgehead atoms. The van der Waals surface area contributed by atoms with Gasteiger partial charge in [0.1, 0.15) is 19.8 Å². The van der Waals surface area contributed by atoms with Crippen molar-refractivity contribution in [2.24, 2.45) is 0 Å². The quantitative estimate of drug-likeness (QED) is 0.308. The molecule has 7 nitrogen and oxygen atoms in total. The highest BCUT2D eigenvalue weighted by molar-refractivity contribution is 5.86. The molecular formula is C11H17NO6. The predicted molar refractivity (Wildman–Crippen MR) is 61.8 cm³/mol. The Morgan fingerprint density at radius 1 is 1.11 bits per heavy atom. The summed E-state index contributed by atoms with van der Waals surface area (Å²) >= 11 is 0. The van der Waals surface area contributed by atoms with Gasteiger partial charge in [0.2, 0.25) is 0 Å². The zero-order valence-electron chi connectivity index (χ0n) is 10.5. The van der Waals surface area contributed by atoms with E-state index in [2.05, 4.69) is 26.1 Å². The molecule has 18 heavy (non-hydrogen) atoms. The van der Waals surface area contributed by atoms with Crippen LogP contribution in [0.4, 0.5) is 4.79 Å². The number of hydrogen-bond acceptors (Lipinski definition) is 6. The van der Waals surface area contributed by atoms with Crippen molar-refractivity contribution >= 4 is 18.0 Å². The lowest BCUT2D eigenvalue weighted by molar-refractivity contribution is -0.141. The Balaban J connectivity index is 3.57. The summed E-state index contributed by atoms with van der Waals surface area (Å²) < 4.78 is 13.9. The van der Waals surface area contributed by atoms with E-state index in [4.69, 9.17) is 0 Å². The summed E-state index contributed by atoms with van der Waals surface area (Å²) in [7, 11) is 0. The van der Waals surface area contributed by atoms with E-state index in [0.29, 0.717) is 0 Å². The lowest BCUT2D eigenvalue weighted by atomic mass is 10.4. The average Bonchev–Trinajstić information content (AvgIpc) is 2.32. The van der Waals surface area contributed by atoms with Crippen LogP contribution in [0.1, 0.15) is 13.8 Å². The highest BCUT2D eigenvalue weighted by Crippen LogP contribution is 1.91. The second-order valence-corrected chi connectivity index (χ2v) is 3.21. The maximum absolute atomic E-state index is 11.0. The molecule has 1 N–H and O–H groups in total. The number of nitrogens with one attached hydrogen (secondary N) is 1. The zero-order chi connectivity index (χ0) is 14.0. The molecule has 0 aliphatic heterocycles. The topological polar surface area (TPSA) is 90.9 Å². The maximum Gasteiger partial charge on any atom is 0.407 e. The van der Waals surface area contributed by atoms with E-state index in [-0.39, 0.29) is 31.9 Å². The van der Waals surface area contributed by atoms with Gasteiger partial charge < -0.3 is 19.5 Å². The average molecular weight is 259 g/mol. The normalized spacial score (nSPS) is 9.22. The fourth-order valence-corrected chi connectivity index (χ4v) is 0.799. The number of carbonyl (C=O) groups excluding carboxylic acids is 3. The molecular weight excluding hydrogens is 242 g/mol. The van der Waals surface area contributed by atoms with Crippen molar-refractivity contribution in [1.82, 2.24) is 5.32 Å². The molecule has 0 rings (SSSR count). The van der Waals surface area contributed by atoms with Gasteiger partial charge in [-0.15, -0.1) is 0 Å². The van der Waals surface area contributed by atoms with Crippen LogP contribution in [0, 0.1) is 0 Å². The van der Waals surface area contributed by atoms with Crippen molar-refractivity contribution < 1.29 is 28.6 Å². The second kappa shape index (κ2) is 9.03. The van der Waals surface area contributed by atoms with Crippen LogP contribution in [0.15, 0.2) is 12.2 Å². The summed E-state index contributed by atoms with van der Waals surface area (Å²) in [5.74, 6) is -1.10. The molecule has 1 amide bonds. The van der Waals surface area contributed by atoms with Gasteiger partial charge in [0.15, 0.2) is 0 Å². The molecule has 0 aliphatic carbocycles. The van der Waals surface area contributed by atoms with Crippen LogP contribution in [-0.4, -0.2) is 44.4 Å². The molecule has 7 heteroatoms. The summed E-state index contributed by atoms with van der Waals surface area (Å²) in [6, 6.07) is 0. The first-order chi connectivity index (χ1) is 8.47. The molecule has 0 radical (unpaired) electrons. The van der Waals surface area contributed by atoms with Crippen molar-refractivity contribution in [3.63, 3.8) is 0 Å². The summed E-state index contributed by atoms with van der Waals surface area (Å²) in [4.78, 5) is 32.8. The van der Waals surface area contributed by atoms with E-state index >= 15 is 0 Å². The Hall–Kier alpha value is -2.05. The summed E-state index contributed by atoms with van der Waals surface area (Å²) in [5, 5.41) is 2.18. The van der Waals surface area contributed by atoms with Crippen LogP contribution in [0.2, 0.25) is 0 Å². The molecule has 102 valence electrons. The molecule has 0 unspecified atom stereocenters. The smallest absolute Gasteiger partial charge is 0.407 e. The number of rotatable bonds is 7. The molecule has 0 atom stereocenters. The third kappa shape index (κ3) is 8.14. The van der Waals surface area contributed by atoms with E-state index in [9.17, 15) is 14.4 Å². The van der Waals surface area contributed by atoms with Crippen molar-refractivity contribution in [2.75, 3.05) is 26.4 Å². The van der Waals surface area contributed by atoms with Gasteiger partial charge in [-0.05, 0) is 13.8 Å². The Kier molecular flexibility index (Phi) is 8.00. The highest BCUT2D eigenvalue weighted by Gasteiger charge is 2.07. The zero-order valence-corrected chi connectivity index (χ0v) is 10.5. The first-order valence-corrected chi connectivity index (χ1v) is 5.36. The molecule has 0 saturated carbocycles. The summed E-state index contributed by atoms with van der Waals surface area (Å²) in [6.45, 7) is 6.36. The molecule has 0 spiro atoms. The first-order valence-electron chi connectivity index (χ1n) is 5.36. The van der Waals surface area contributed by atoms with Crippen LogP contribution in [0.3, 0.4) is 0 Å². The van der Waals surface area contributed by atoms with Gasteiger partial charge in [0.25, 0.3) is 0 Å². The Morgan fingerprint density at radius 3 is 2.28 bits per heavy atom. The van der Waals surface area contributed by atoms with E-state index in [0.717, 1.165) is 0 Å². The fraction of sp³-hybridized carbons (Fsp3) is 0.545. The van der Waals surface area contributed by atoms with Gasteiger partial charge >= 0.3 is 18.0 Å². The number of amides is 1. The number of ether oxygens (including phenoxy) is 3. The third-order valence-electron chi connectivity index (χ3n) is 1.58. The van der Waals surface area contributed by atoms with Crippen LogP contribution >= 0.6 is 0 Å². The predicted octanol–water partition coefficient (Wildman–Crippen LogP) is 0.395. The largest absolute Gasteiger partial charge is 0.465 e. The van der Waals surface area contributed by atoms with Crippen molar-refractivity contribution in [3.8, 4) is 0 Å². The Labute approximate surface area is 105 Å². The van der Waals surface area contributed by atoms with Crippen LogP contribution in [0.25, 0.3) is 0 Å². The lowest BCUT2D eigenvalue weighted by Crippen LogP contribution is -2.32. The number of carbonyl (C=O) groups is 3. The second-order valence-electron chi connectivity index (χ2n) is 3.21. The monoisotopic (exact) mass is 259 g/mol. The van der Waals surface area contributed by atoms with Crippen molar-refractivity contribution in [1.29, 1.82) is 0 Å². The number of esters is 2. The lowest BCUT2D eigenvalue weighted by Gasteiger charge is -2.07. The van der Waals surface area contributed by atoms with Gasteiger partial charge in [0, 0.05) is 5.57 Å². The van der Waals surface area contributed by atoms with Gasteiger partial charge in [0.05, 0.1) is 6.61 Å². The number of hydrogen-bond donors (Lipinski definition) is 1. The minimum Gasteiger partial charge on any atom is -0.465 e. The van der Waals surface area contributed by atoms with Gasteiger partial charge in [-0.2, -0.15) is 0 Å². The van der Waals surface area contributed by atoms with Gasteiger partial charge in [-0.25, -0.2) is 9.59 Å². The molecule has 0 aromatic carbocycles.